The summed E-state index contributed by atoms with van der Waals surface area (Å²) in [5, 5.41) is 0. The Morgan fingerprint density at radius 2 is 0.532 bits per heavy atom. The van der Waals surface area contributed by atoms with Crippen LogP contribution in [0.25, 0.3) is 0 Å². The van der Waals surface area contributed by atoms with E-state index < -0.39 is 34.5 Å². The van der Waals surface area contributed by atoms with Gasteiger partial charge in [-0.3, -0.25) is 0 Å². The number of unbranched alkanes of at least 4 members (excludes halogenated alkanes) is 1. The molecule has 0 heterocycles. The maximum atomic E-state index is 5.60. The Kier molecular flexibility index (Phi) is 31.1. The minimum absolute atomic E-state index is 0.880. The first kappa shape index (κ1) is 48.6. The van der Waals surface area contributed by atoms with Crippen molar-refractivity contribution in [3.8, 4) is 0 Å². The maximum Gasteiger partial charge on any atom is 0.500 e. The van der Waals surface area contributed by atoms with Crippen LogP contribution in [0.4, 0.5) is 0 Å². The van der Waals surface area contributed by atoms with Crippen LogP contribution in [0, 0.1) is 0 Å². The summed E-state index contributed by atoms with van der Waals surface area (Å²) in [6.45, 7) is 2.36. The Morgan fingerprint density at radius 3 is 0.745 bits per heavy atom. The maximum absolute atomic E-state index is 5.60. The third-order valence-corrected chi connectivity index (χ3v) is 26.8. The topological polar surface area (TPSA) is 83.1 Å². The fourth-order valence-electron chi connectivity index (χ4n) is 6.10. The predicted octanol–water partition coefficient (Wildman–Crippen LogP) is 8.41. The molecule has 284 valence electrons. The Bertz CT molecular complexity index is 603. The number of thioether (sulfide) groups is 3. The van der Waals surface area contributed by atoms with Crippen molar-refractivity contribution in [1.29, 1.82) is 0 Å². The Morgan fingerprint density at radius 1 is 0.319 bits per heavy atom. The lowest BCUT2D eigenvalue weighted by molar-refractivity contribution is 0.123. The monoisotopic (exact) mass is 796 g/mol. The van der Waals surface area contributed by atoms with Gasteiger partial charge in [0.15, 0.2) is 0 Å². The molecule has 0 N–H and O–H groups in total. The highest BCUT2D eigenvalue weighted by molar-refractivity contribution is 7.99. The molecule has 0 unspecified atom stereocenters. The van der Waals surface area contributed by atoms with Gasteiger partial charge in [0, 0.05) is 82.1 Å². The Balaban J connectivity index is 5.00. The SMILES string of the molecule is CCCC[Si](CCCSCCC[Si](OC)(OC)OC)(CCCSCCC[Si](OC)(OC)OC)CCCSCCC[Si](OC)(OC)OC. The van der Waals surface area contributed by atoms with E-state index in [9.17, 15) is 0 Å². The van der Waals surface area contributed by atoms with Gasteiger partial charge in [0.1, 0.15) is 0 Å². The van der Waals surface area contributed by atoms with E-state index in [1.54, 1.807) is 64.0 Å². The van der Waals surface area contributed by atoms with E-state index >= 15 is 0 Å². The van der Waals surface area contributed by atoms with Gasteiger partial charge in [-0.05, 0) is 73.0 Å². The fourth-order valence-corrected chi connectivity index (χ4v) is 20.9. The lowest BCUT2D eigenvalue weighted by Crippen LogP contribution is -2.42. The molecule has 0 aromatic heterocycles. The van der Waals surface area contributed by atoms with Crippen LogP contribution in [0.3, 0.4) is 0 Å². The van der Waals surface area contributed by atoms with Gasteiger partial charge in [-0.2, -0.15) is 35.3 Å². The van der Waals surface area contributed by atoms with E-state index in [1.165, 1.54) is 73.5 Å². The molecular weight excluding hydrogens is 725 g/mol. The molecule has 0 aliphatic heterocycles. The zero-order valence-corrected chi connectivity index (χ0v) is 38.2. The third-order valence-electron chi connectivity index (χ3n) is 9.16. The predicted molar refractivity (Wildman–Crippen MR) is 214 cm³/mol. The second-order valence-corrected chi connectivity index (χ2v) is 29.9. The van der Waals surface area contributed by atoms with Crippen LogP contribution in [0.2, 0.25) is 42.3 Å². The lowest BCUT2D eigenvalue weighted by Gasteiger charge is -2.33. The molecule has 0 rings (SSSR count). The highest BCUT2D eigenvalue weighted by Crippen LogP contribution is 2.34. The van der Waals surface area contributed by atoms with Gasteiger partial charge in [0.2, 0.25) is 0 Å². The van der Waals surface area contributed by atoms with Crippen LogP contribution in [-0.4, -0.2) is 133 Å². The van der Waals surface area contributed by atoms with Gasteiger partial charge in [0.05, 0.1) is 8.07 Å². The van der Waals surface area contributed by atoms with Crippen LogP contribution in [0.5, 0.6) is 0 Å². The molecule has 0 bridgehead atoms. The normalized spacial score (nSPS) is 13.1. The number of hydrogen-bond acceptors (Lipinski definition) is 12. The summed E-state index contributed by atoms with van der Waals surface area (Å²) in [6.07, 6.45) is 9.94. The first-order valence-electron chi connectivity index (χ1n) is 17.4. The second kappa shape index (κ2) is 30.1. The minimum atomic E-state index is -2.46. The molecule has 0 aromatic carbocycles. The molecule has 0 amide bonds. The van der Waals surface area contributed by atoms with Gasteiger partial charge >= 0.3 is 26.4 Å². The largest absolute Gasteiger partial charge is 0.500 e. The zero-order valence-electron chi connectivity index (χ0n) is 31.7. The van der Waals surface area contributed by atoms with Crippen LogP contribution >= 0.6 is 35.3 Å². The van der Waals surface area contributed by atoms with E-state index in [2.05, 4.69) is 42.2 Å². The molecular formula is C31H72O9S3Si4. The first-order chi connectivity index (χ1) is 22.7. The highest BCUT2D eigenvalue weighted by atomic mass is 32.2. The first-order valence-corrected chi connectivity index (χ1v) is 29.5. The standard InChI is InChI=1S/C31H72O9S3Si4/c1-11-12-25-44(26-13-19-41-22-16-29-45(32-2,33-3)34-4,27-14-20-42-23-17-30-46(35-5,36-6)37-7)28-15-21-43-24-18-31-47(38-8,39-9)40-10/h11-31H2,1-10H3. The van der Waals surface area contributed by atoms with Crippen LogP contribution in [0.15, 0.2) is 0 Å². The number of hydrogen-bond donors (Lipinski definition) is 0. The molecule has 9 nitrogen and oxygen atoms in total. The molecule has 0 saturated heterocycles. The van der Waals surface area contributed by atoms with Gasteiger partial charge in [-0.15, -0.1) is 0 Å². The second-order valence-electron chi connectivity index (χ2n) is 11.9. The summed E-state index contributed by atoms with van der Waals surface area (Å²) in [5.41, 5.74) is 0. The van der Waals surface area contributed by atoms with Crippen molar-refractivity contribution < 1.29 is 39.8 Å². The highest BCUT2D eigenvalue weighted by Gasteiger charge is 2.38. The molecule has 0 aliphatic rings. The van der Waals surface area contributed by atoms with Gasteiger partial charge in [0.25, 0.3) is 0 Å². The summed E-state index contributed by atoms with van der Waals surface area (Å²) in [5.74, 6) is 7.17. The van der Waals surface area contributed by atoms with Crippen molar-refractivity contribution in [3.63, 3.8) is 0 Å². The molecule has 0 atom stereocenters. The quantitative estimate of drug-likeness (QED) is 0.0451. The van der Waals surface area contributed by atoms with Crippen molar-refractivity contribution in [2.24, 2.45) is 0 Å². The molecule has 0 aromatic rings. The summed E-state index contributed by atoms with van der Waals surface area (Å²) < 4.78 is 50.4. The average molecular weight is 797 g/mol. The summed E-state index contributed by atoms with van der Waals surface area (Å²) in [4.78, 5) is 0. The minimum Gasteiger partial charge on any atom is -0.377 e. The van der Waals surface area contributed by atoms with Crippen LogP contribution < -0.4 is 0 Å². The third kappa shape index (κ3) is 20.4. The van der Waals surface area contributed by atoms with Gasteiger partial charge < -0.3 is 39.8 Å². The summed E-state index contributed by atoms with van der Waals surface area (Å²) in [7, 11) is 6.60. The van der Waals surface area contributed by atoms with E-state index in [-0.39, 0.29) is 0 Å². The zero-order chi connectivity index (χ0) is 35.3. The molecule has 0 saturated carbocycles. The molecule has 0 aliphatic carbocycles. The molecule has 0 spiro atoms. The lowest BCUT2D eigenvalue weighted by atomic mass is 10.4. The van der Waals surface area contributed by atoms with Crippen molar-refractivity contribution in [2.75, 3.05) is 98.5 Å². The van der Waals surface area contributed by atoms with E-state index in [4.69, 9.17) is 39.8 Å². The Hall–Kier alpha value is 1.56. The van der Waals surface area contributed by atoms with Gasteiger partial charge in [-0.1, -0.05) is 43.9 Å². The number of rotatable bonds is 36. The van der Waals surface area contributed by atoms with Crippen molar-refractivity contribution in [1.82, 2.24) is 0 Å². The van der Waals surface area contributed by atoms with Crippen molar-refractivity contribution in [3.05, 3.63) is 0 Å². The molecule has 16 heteroatoms. The average Bonchev–Trinajstić information content (AvgIpc) is 3.11. The van der Waals surface area contributed by atoms with E-state index in [1.807, 2.05) is 0 Å². The van der Waals surface area contributed by atoms with E-state index in [0.717, 1.165) is 54.7 Å². The van der Waals surface area contributed by atoms with Crippen molar-refractivity contribution >= 4 is 69.8 Å². The Labute approximate surface area is 307 Å². The summed E-state index contributed by atoms with van der Waals surface area (Å²) in [6, 6.07) is 8.53. The van der Waals surface area contributed by atoms with Crippen molar-refractivity contribution in [2.45, 2.75) is 101 Å². The molecule has 0 radical (unpaired) electrons. The molecule has 47 heavy (non-hydrogen) atoms. The van der Waals surface area contributed by atoms with Gasteiger partial charge in [-0.25, -0.2) is 0 Å². The summed E-state index contributed by atoms with van der Waals surface area (Å²) >= 11 is 6.28. The van der Waals surface area contributed by atoms with E-state index in [0.29, 0.717) is 0 Å². The fraction of sp³-hybridized carbons (Fsp3) is 1.00. The molecule has 0 fully saturated rings. The van der Waals surface area contributed by atoms with Crippen LogP contribution in [0.1, 0.15) is 58.3 Å². The smallest absolute Gasteiger partial charge is 0.377 e. The van der Waals surface area contributed by atoms with Crippen LogP contribution in [-0.2, 0) is 39.8 Å².